The number of rotatable bonds is 6. The molecular formula is C18H28N2O. The summed E-state index contributed by atoms with van der Waals surface area (Å²) in [7, 11) is 0. The van der Waals surface area contributed by atoms with E-state index in [1.54, 1.807) is 0 Å². The van der Waals surface area contributed by atoms with Gasteiger partial charge in [0.25, 0.3) is 0 Å². The van der Waals surface area contributed by atoms with Crippen LogP contribution in [-0.4, -0.2) is 25.7 Å². The van der Waals surface area contributed by atoms with Crippen molar-refractivity contribution in [3.8, 4) is 5.75 Å². The van der Waals surface area contributed by atoms with Crippen LogP contribution in [-0.2, 0) is 6.54 Å². The lowest BCUT2D eigenvalue weighted by Crippen LogP contribution is -2.25. The Morgan fingerprint density at radius 3 is 2.62 bits per heavy atom. The van der Waals surface area contributed by atoms with Gasteiger partial charge in [-0.25, -0.2) is 0 Å². The summed E-state index contributed by atoms with van der Waals surface area (Å²) >= 11 is 0. The average molecular weight is 288 g/mol. The quantitative estimate of drug-likeness (QED) is 0.863. The highest BCUT2D eigenvalue weighted by Gasteiger charge is 2.18. The number of hydrogen-bond donors (Lipinski definition) is 1. The van der Waals surface area contributed by atoms with E-state index >= 15 is 0 Å². The van der Waals surface area contributed by atoms with Gasteiger partial charge in [-0.15, -0.1) is 0 Å². The molecule has 1 saturated heterocycles. The predicted molar refractivity (Wildman–Crippen MR) is 88.2 cm³/mol. The Bertz CT molecular complexity index is 449. The maximum absolute atomic E-state index is 5.89. The van der Waals surface area contributed by atoms with Gasteiger partial charge in [0.2, 0.25) is 0 Å². The van der Waals surface area contributed by atoms with E-state index < -0.39 is 0 Å². The summed E-state index contributed by atoms with van der Waals surface area (Å²) in [6, 6.07) is 7.47. The van der Waals surface area contributed by atoms with E-state index in [2.05, 4.69) is 35.3 Å². The number of hydrogen-bond acceptors (Lipinski definition) is 3. The standard InChI is InChI=1S/C18H28N2O/c1-2-21-18-13-15(14-19-16-7-3-4-8-16)9-10-17(18)20-11-5-6-12-20/h9-10,13,16,19H,2-8,11-12,14H2,1H3. The van der Waals surface area contributed by atoms with Crippen LogP contribution in [0.5, 0.6) is 5.75 Å². The molecule has 3 nitrogen and oxygen atoms in total. The van der Waals surface area contributed by atoms with Crippen LogP contribution in [0.25, 0.3) is 0 Å². The second-order valence-electron chi connectivity index (χ2n) is 6.29. The zero-order valence-electron chi connectivity index (χ0n) is 13.2. The zero-order chi connectivity index (χ0) is 14.5. The first kappa shape index (κ1) is 14.7. The maximum Gasteiger partial charge on any atom is 0.142 e. The Labute approximate surface area is 128 Å². The van der Waals surface area contributed by atoms with Crippen molar-refractivity contribution in [3.05, 3.63) is 23.8 Å². The highest BCUT2D eigenvalue weighted by molar-refractivity contribution is 5.60. The summed E-state index contributed by atoms with van der Waals surface area (Å²) in [5.41, 5.74) is 2.62. The van der Waals surface area contributed by atoms with E-state index in [9.17, 15) is 0 Å². The van der Waals surface area contributed by atoms with E-state index in [1.165, 1.54) is 62.9 Å². The van der Waals surface area contributed by atoms with Crippen molar-refractivity contribution in [1.29, 1.82) is 0 Å². The largest absolute Gasteiger partial charge is 0.492 e. The predicted octanol–water partition coefficient (Wildman–Crippen LogP) is 3.72. The minimum Gasteiger partial charge on any atom is -0.492 e. The van der Waals surface area contributed by atoms with Gasteiger partial charge in [-0.05, 0) is 50.3 Å². The van der Waals surface area contributed by atoms with Crippen LogP contribution in [0.2, 0.25) is 0 Å². The van der Waals surface area contributed by atoms with Gasteiger partial charge >= 0.3 is 0 Å². The lowest BCUT2D eigenvalue weighted by molar-refractivity contribution is 0.340. The zero-order valence-corrected chi connectivity index (χ0v) is 13.2. The SMILES string of the molecule is CCOc1cc(CNC2CCCC2)ccc1N1CCCC1. The van der Waals surface area contributed by atoms with Gasteiger partial charge < -0.3 is 15.0 Å². The molecule has 0 aromatic heterocycles. The molecule has 1 aromatic carbocycles. The van der Waals surface area contributed by atoms with Gasteiger partial charge in [-0.1, -0.05) is 18.9 Å². The normalized spacial score (nSPS) is 19.4. The second kappa shape index (κ2) is 7.17. The highest BCUT2D eigenvalue weighted by atomic mass is 16.5. The number of nitrogens with zero attached hydrogens (tertiary/aromatic N) is 1. The number of nitrogens with one attached hydrogen (secondary N) is 1. The lowest BCUT2D eigenvalue weighted by Gasteiger charge is -2.22. The van der Waals surface area contributed by atoms with E-state index in [-0.39, 0.29) is 0 Å². The second-order valence-corrected chi connectivity index (χ2v) is 6.29. The fraction of sp³-hybridized carbons (Fsp3) is 0.667. The van der Waals surface area contributed by atoms with Crippen molar-refractivity contribution >= 4 is 5.69 Å². The number of ether oxygens (including phenoxy) is 1. The summed E-state index contributed by atoms with van der Waals surface area (Å²) in [6.45, 7) is 6.10. The van der Waals surface area contributed by atoms with Crippen LogP contribution in [0.3, 0.4) is 0 Å². The molecule has 3 heteroatoms. The Kier molecular flexibility index (Phi) is 5.02. The average Bonchev–Trinajstić information content (AvgIpc) is 3.19. The summed E-state index contributed by atoms with van der Waals surface area (Å²) < 4.78 is 5.89. The van der Waals surface area contributed by atoms with Crippen LogP contribution in [0.4, 0.5) is 5.69 Å². The van der Waals surface area contributed by atoms with Crippen LogP contribution in [0, 0.1) is 0 Å². The van der Waals surface area contributed by atoms with Crippen molar-refractivity contribution in [1.82, 2.24) is 5.32 Å². The highest BCUT2D eigenvalue weighted by Crippen LogP contribution is 2.32. The van der Waals surface area contributed by atoms with Crippen molar-refractivity contribution in [2.24, 2.45) is 0 Å². The van der Waals surface area contributed by atoms with E-state index in [1.807, 2.05) is 0 Å². The summed E-state index contributed by atoms with van der Waals surface area (Å²) in [4.78, 5) is 2.46. The van der Waals surface area contributed by atoms with Crippen molar-refractivity contribution in [2.45, 2.75) is 58.0 Å². The van der Waals surface area contributed by atoms with Gasteiger partial charge in [0.05, 0.1) is 12.3 Å². The number of anilines is 1. The fourth-order valence-electron chi connectivity index (χ4n) is 3.55. The molecule has 2 fully saturated rings. The van der Waals surface area contributed by atoms with Crippen LogP contribution >= 0.6 is 0 Å². The minimum atomic E-state index is 0.721. The first-order valence-corrected chi connectivity index (χ1v) is 8.61. The molecule has 0 radical (unpaired) electrons. The molecule has 21 heavy (non-hydrogen) atoms. The van der Waals surface area contributed by atoms with Crippen LogP contribution < -0.4 is 15.0 Å². The van der Waals surface area contributed by atoms with Gasteiger partial charge in [0.15, 0.2) is 0 Å². The third kappa shape index (κ3) is 3.70. The van der Waals surface area contributed by atoms with E-state index in [0.717, 1.165) is 24.9 Å². The molecular weight excluding hydrogens is 260 g/mol. The fourth-order valence-corrected chi connectivity index (χ4v) is 3.55. The maximum atomic E-state index is 5.89. The Hall–Kier alpha value is -1.22. The van der Waals surface area contributed by atoms with Crippen molar-refractivity contribution < 1.29 is 4.74 Å². The van der Waals surface area contributed by atoms with Crippen molar-refractivity contribution in [3.63, 3.8) is 0 Å². The Balaban J connectivity index is 1.68. The molecule has 1 aliphatic carbocycles. The molecule has 1 N–H and O–H groups in total. The molecule has 116 valence electrons. The molecule has 0 spiro atoms. The molecule has 0 bridgehead atoms. The van der Waals surface area contributed by atoms with E-state index in [0.29, 0.717) is 0 Å². The smallest absolute Gasteiger partial charge is 0.142 e. The monoisotopic (exact) mass is 288 g/mol. The summed E-state index contributed by atoms with van der Waals surface area (Å²) in [5.74, 6) is 1.06. The van der Waals surface area contributed by atoms with Crippen LogP contribution in [0.1, 0.15) is 51.0 Å². The lowest BCUT2D eigenvalue weighted by atomic mass is 10.1. The molecule has 1 saturated carbocycles. The summed E-state index contributed by atoms with van der Waals surface area (Å²) in [6.07, 6.45) is 8.05. The van der Waals surface area contributed by atoms with Crippen LogP contribution in [0.15, 0.2) is 18.2 Å². The van der Waals surface area contributed by atoms with Gasteiger partial charge in [-0.3, -0.25) is 0 Å². The Morgan fingerprint density at radius 2 is 1.90 bits per heavy atom. The molecule has 1 heterocycles. The topological polar surface area (TPSA) is 24.5 Å². The van der Waals surface area contributed by atoms with Gasteiger partial charge in [0.1, 0.15) is 5.75 Å². The third-order valence-electron chi connectivity index (χ3n) is 4.72. The molecule has 0 atom stereocenters. The minimum absolute atomic E-state index is 0.721. The molecule has 0 unspecified atom stereocenters. The Morgan fingerprint density at radius 1 is 1.14 bits per heavy atom. The van der Waals surface area contributed by atoms with Gasteiger partial charge in [0, 0.05) is 25.7 Å². The molecule has 0 amide bonds. The molecule has 1 aromatic rings. The molecule has 1 aliphatic heterocycles. The van der Waals surface area contributed by atoms with Crippen molar-refractivity contribution in [2.75, 3.05) is 24.6 Å². The first-order valence-electron chi connectivity index (χ1n) is 8.61. The van der Waals surface area contributed by atoms with E-state index in [4.69, 9.17) is 4.74 Å². The third-order valence-corrected chi connectivity index (χ3v) is 4.72. The molecule has 3 rings (SSSR count). The van der Waals surface area contributed by atoms with Gasteiger partial charge in [-0.2, -0.15) is 0 Å². The number of benzene rings is 1. The first-order chi connectivity index (χ1) is 10.4. The molecule has 2 aliphatic rings. The summed E-state index contributed by atoms with van der Waals surface area (Å²) in [5, 5.41) is 3.69.